The minimum absolute atomic E-state index is 0.149. The van der Waals surface area contributed by atoms with Gasteiger partial charge in [-0.2, -0.15) is 0 Å². The monoisotopic (exact) mass is 327 g/mol. The number of carbonyl (C=O) groups excluding carboxylic acids is 1. The van der Waals surface area contributed by atoms with Gasteiger partial charge in [0.1, 0.15) is 5.60 Å². The van der Waals surface area contributed by atoms with Gasteiger partial charge in [0.15, 0.2) is 0 Å². The van der Waals surface area contributed by atoms with Gasteiger partial charge < -0.3 is 15.4 Å². The van der Waals surface area contributed by atoms with E-state index < -0.39 is 5.60 Å². The lowest BCUT2D eigenvalue weighted by Crippen LogP contribution is -2.42. The van der Waals surface area contributed by atoms with Crippen molar-refractivity contribution in [3.8, 4) is 0 Å². The summed E-state index contributed by atoms with van der Waals surface area (Å²) in [6.45, 7) is 6.98. The Morgan fingerprint density at radius 2 is 2.08 bits per heavy atom. The number of anilines is 1. The quantitative estimate of drug-likeness (QED) is 0.861. The van der Waals surface area contributed by atoms with E-state index in [1.165, 1.54) is 0 Å². The molecule has 24 heavy (non-hydrogen) atoms. The number of rotatable bonds is 1. The van der Waals surface area contributed by atoms with Gasteiger partial charge in [-0.3, -0.25) is 4.98 Å². The molecule has 2 heterocycles. The van der Waals surface area contributed by atoms with E-state index in [2.05, 4.69) is 0 Å². The summed E-state index contributed by atoms with van der Waals surface area (Å²) in [6, 6.07) is 9.93. The van der Waals surface area contributed by atoms with Crippen molar-refractivity contribution in [2.45, 2.75) is 45.1 Å². The molecule has 1 aromatic heterocycles. The number of likely N-dealkylation sites (tertiary alicyclic amines) is 1. The molecule has 5 heteroatoms. The molecular weight excluding hydrogens is 302 g/mol. The van der Waals surface area contributed by atoms with E-state index in [9.17, 15) is 4.79 Å². The Morgan fingerprint density at radius 1 is 1.33 bits per heavy atom. The second-order valence-electron chi connectivity index (χ2n) is 7.42. The van der Waals surface area contributed by atoms with E-state index in [1.54, 1.807) is 4.90 Å². The number of pyridine rings is 1. The van der Waals surface area contributed by atoms with Crippen molar-refractivity contribution in [3.05, 3.63) is 36.0 Å². The molecule has 3 rings (SSSR count). The summed E-state index contributed by atoms with van der Waals surface area (Å²) in [7, 11) is 0. The van der Waals surface area contributed by atoms with Crippen LogP contribution in [0.25, 0.3) is 10.9 Å². The van der Waals surface area contributed by atoms with E-state index in [4.69, 9.17) is 15.5 Å². The van der Waals surface area contributed by atoms with Crippen molar-refractivity contribution in [2.24, 2.45) is 0 Å². The smallest absolute Gasteiger partial charge is 0.410 e. The van der Waals surface area contributed by atoms with Crippen molar-refractivity contribution in [1.29, 1.82) is 0 Å². The minimum Gasteiger partial charge on any atom is -0.444 e. The number of hydrogen-bond acceptors (Lipinski definition) is 4. The van der Waals surface area contributed by atoms with Crippen LogP contribution in [0.1, 0.15) is 45.2 Å². The molecule has 1 amide bonds. The van der Waals surface area contributed by atoms with Crippen LogP contribution >= 0.6 is 0 Å². The molecule has 0 aliphatic carbocycles. The molecular formula is C19H25N3O2. The molecule has 1 fully saturated rings. The molecule has 0 saturated carbocycles. The van der Waals surface area contributed by atoms with Crippen LogP contribution in [0.15, 0.2) is 30.3 Å². The van der Waals surface area contributed by atoms with Crippen LogP contribution in [0.3, 0.4) is 0 Å². The molecule has 2 N–H and O–H groups in total. The first-order valence-corrected chi connectivity index (χ1v) is 8.46. The van der Waals surface area contributed by atoms with Crippen LogP contribution < -0.4 is 5.73 Å². The lowest BCUT2D eigenvalue weighted by atomic mass is 9.93. The fourth-order valence-electron chi connectivity index (χ4n) is 3.17. The number of hydrogen-bond donors (Lipinski definition) is 1. The van der Waals surface area contributed by atoms with Crippen LogP contribution in [-0.4, -0.2) is 34.7 Å². The Bertz CT molecular complexity index is 752. The number of carbonyl (C=O) groups is 1. The zero-order valence-corrected chi connectivity index (χ0v) is 14.6. The van der Waals surface area contributed by atoms with Gasteiger partial charge in [-0.25, -0.2) is 4.79 Å². The second kappa shape index (κ2) is 6.30. The van der Waals surface area contributed by atoms with Gasteiger partial charge in [-0.15, -0.1) is 0 Å². The second-order valence-corrected chi connectivity index (χ2v) is 7.42. The summed E-state index contributed by atoms with van der Waals surface area (Å²) in [5, 5.41) is 1.04. The number of benzene rings is 1. The summed E-state index contributed by atoms with van der Waals surface area (Å²) in [5.74, 6) is 0.149. The Hall–Kier alpha value is -2.30. The standard InChI is InChI=1S/C19H25N3O2/c1-19(2,3)24-18(23)22-10-6-8-14(12-22)17-15(20)11-13-7-4-5-9-16(13)21-17/h4-5,7,9,11,14H,6,8,10,12,20H2,1-3H3/t14-/m1/s1. The van der Waals surface area contributed by atoms with Crippen LogP contribution in [0.4, 0.5) is 10.5 Å². The normalized spacial score (nSPS) is 18.6. The average Bonchev–Trinajstić information content (AvgIpc) is 2.53. The van der Waals surface area contributed by atoms with E-state index in [-0.39, 0.29) is 12.0 Å². The molecule has 0 radical (unpaired) electrons. The van der Waals surface area contributed by atoms with Gasteiger partial charge in [0.2, 0.25) is 0 Å². The molecule has 1 saturated heterocycles. The number of nitrogens with two attached hydrogens (primary N) is 1. The van der Waals surface area contributed by atoms with Gasteiger partial charge in [-0.1, -0.05) is 18.2 Å². The third-order valence-corrected chi connectivity index (χ3v) is 4.24. The third-order valence-electron chi connectivity index (χ3n) is 4.24. The van der Waals surface area contributed by atoms with Crippen molar-refractivity contribution in [2.75, 3.05) is 18.8 Å². The minimum atomic E-state index is -0.482. The zero-order valence-electron chi connectivity index (χ0n) is 14.6. The number of nitrogen functional groups attached to an aromatic ring is 1. The molecule has 0 spiro atoms. The molecule has 1 atom stereocenters. The van der Waals surface area contributed by atoms with Gasteiger partial charge in [0, 0.05) is 24.4 Å². The van der Waals surface area contributed by atoms with Crippen LogP contribution in [-0.2, 0) is 4.74 Å². The number of para-hydroxylation sites is 1. The third kappa shape index (κ3) is 3.61. The van der Waals surface area contributed by atoms with Gasteiger partial charge >= 0.3 is 6.09 Å². The SMILES string of the molecule is CC(C)(C)OC(=O)N1CCC[C@@H](c2nc3ccccc3cc2N)C1. The number of ether oxygens (including phenoxy) is 1. The van der Waals surface area contributed by atoms with E-state index >= 15 is 0 Å². The Balaban J connectivity index is 1.82. The molecule has 1 aromatic carbocycles. The lowest BCUT2D eigenvalue weighted by molar-refractivity contribution is 0.0197. The highest BCUT2D eigenvalue weighted by Crippen LogP contribution is 2.31. The highest BCUT2D eigenvalue weighted by atomic mass is 16.6. The number of nitrogens with zero attached hydrogens (tertiary/aromatic N) is 2. The van der Waals surface area contributed by atoms with Crippen molar-refractivity contribution >= 4 is 22.7 Å². The number of piperidine rings is 1. The fourth-order valence-corrected chi connectivity index (χ4v) is 3.17. The maximum absolute atomic E-state index is 12.3. The Morgan fingerprint density at radius 3 is 2.83 bits per heavy atom. The highest BCUT2D eigenvalue weighted by molar-refractivity contribution is 5.82. The Labute approximate surface area is 142 Å². The number of aromatic nitrogens is 1. The van der Waals surface area contributed by atoms with Gasteiger partial charge in [-0.05, 0) is 45.7 Å². The average molecular weight is 327 g/mol. The van der Waals surface area contributed by atoms with Crippen molar-refractivity contribution < 1.29 is 9.53 Å². The summed E-state index contributed by atoms with van der Waals surface area (Å²) in [6.07, 6.45) is 1.65. The van der Waals surface area contributed by atoms with Crippen LogP contribution in [0.5, 0.6) is 0 Å². The largest absolute Gasteiger partial charge is 0.444 e. The van der Waals surface area contributed by atoms with E-state index in [0.717, 1.165) is 36.0 Å². The molecule has 0 unspecified atom stereocenters. The summed E-state index contributed by atoms with van der Waals surface area (Å²) < 4.78 is 5.50. The van der Waals surface area contributed by atoms with Gasteiger partial charge in [0.05, 0.1) is 16.9 Å². The van der Waals surface area contributed by atoms with Crippen LogP contribution in [0.2, 0.25) is 0 Å². The predicted octanol–water partition coefficient (Wildman–Crippen LogP) is 3.93. The van der Waals surface area contributed by atoms with E-state index in [0.29, 0.717) is 12.2 Å². The number of amides is 1. The summed E-state index contributed by atoms with van der Waals surface area (Å²) >= 11 is 0. The first-order valence-electron chi connectivity index (χ1n) is 8.46. The first-order chi connectivity index (χ1) is 11.3. The number of fused-ring (bicyclic) bond motifs is 1. The lowest BCUT2D eigenvalue weighted by Gasteiger charge is -2.34. The Kier molecular flexibility index (Phi) is 4.35. The van der Waals surface area contributed by atoms with E-state index in [1.807, 2.05) is 51.1 Å². The summed E-state index contributed by atoms with van der Waals surface area (Å²) in [4.78, 5) is 18.9. The molecule has 2 aromatic rings. The molecule has 1 aliphatic rings. The molecule has 0 bridgehead atoms. The maximum atomic E-state index is 12.3. The topological polar surface area (TPSA) is 68.5 Å². The zero-order chi connectivity index (χ0) is 17.3. The fraction of sp³-hybridized carbons (Fsp3) is 0.474. The highest BCUT2D eigenvalue weighted by Gasteiger charge is 2.29. The predicted molar refractivity (Wildman–Crippen MR) is 95.9 cm³/mol. The summed E-state index contributed by atoms with van der Waals surface area (Å²) in [5.41, 5.74) is 8.29. The first kappa shape index (κ1) is 16.6. The van der Waals surface area contributed by atoms with Crippen LogP contribution in [0, 0.1) is 0 Å². The van der Waals surface area contributed by atoms with Crippen molar-refractivity contribution in [1.82, 2.24) is 9.88 Å². The van der Waals surface area contributed by atoms with Crippen molar-refractivity contribution in [3.63, 3.8) is 0 Å². The van der Waals surface area contributed by atoms with Gasteiger partial charge in [0.25, 0.3) is 0 Å². The molecule has 128 valence electrons. The molecule has 5 nitrogen and oxygen atoms in total. The maximum Gasteiger partial charge on any atom is 0.410 e. The molecule has 1 aliphatic heterocycles.